The van der Waals surface area contributed by atoms with E-state index in [-0.39, 0.29) is 11.0 Å². The fourth-order valence-electron chi connectivity index (χ4n) is 2.22. The average molecular weight is 361 g/mol. The highest BCUT2D eigenvalue weighted by Crippen LogP contribution is 2.12. The molecule has 25 heavy (non-hydrogen) atoms. The Morgan fingerprint density at radius 3 is 2.76 bits per heavy atom. The summed E-state index contributed by atoms with van der Waals surface area (Å²) in [6.45, 7) is 4.63. The van der Waals surface area contributed by atoms with E-state index in [2.05, 4.69) is 27.6 Å². The molecule has 0 aliphatic rings. The summed E-state index contributed by atoms with van der Waals surface area (Å²) in [5.74, 6) is 0.256. The zero-order valence-corrected chi connectivity index (χ0v) is 15.5. The minimum absolute atomic E-state index is 0.197. The summed E-state index contributed by atoms with van der Waals surface area (Å²) in [6, 6.07) is 5.27. The number of nitrogens with zero attached hydrogens (tertiary/aromatic N) is 3. The van der Waals surface area contributed by atoms with E-state index in [4.69, 9.17) is 17.0 Å². The van der Waals surface area contributed by atoms with E-state index in [1.165, 1.54) is 4.68 Å². The predicted octanol–water partition coefficient (Wildman–Crippen LogP) is 2.82. The van der Waals surface area contributed by atoms with Gasteiger partial charge in [0.25, 0.3) is 5.91 Å². The Morgan fingerprint density at radius 1 is 1.36 bits per heavy atom. The number of aromatic nitrogens is 3. The van der Waals surface area contributed by atoms with Crippen LogP contribution in [0.15, 0.2) is 24.4 Å². The van der Waals surface area contributed by atoms with Crippen molar-refractivity contribution in [3.63, 3.8) is 0 Å². The molecule has 0 saturated carbocycles. The molecule has 7 nitrogen and oxygen atoms in total. The molecule has 8 heteroatoms. The number of unbranched alkanes of at least 4 members (excludes halogenated alkanes) is 2. The van der Waals surface area contributed by atoms with Crippen LogP contribution in [0.5, 0.6) is 5.88 Å². The van der Waals surface area contributed by atoms with Crippen molar-refractivity contribution in [3.05, 3.63) is 35.8 Å². The van der Waals surface area contributed by atoms with Crippen LogP contribution in [0, 0.1) is 6.92 Å². The van der Waals surface area contributed by atoms with Crippen molar-refractivity contribution in [1.82, 2.24) is 20.1 Å². The van der Waals surface area contributed by atoms with E-state index in [1.807, 2.05) is 6.92 Å². The van der Waals surface area contributed by atoms with Crippen molar-refractivity contribution in [1.29, 1.82) is 0 Å². The van der Waals surface area contributed by atoms with Crippen LogP contribution in [-0.4, -0.2) is 32.4 Å². The van der Waals surface area contributed by atoms with Crippen LogP contribution in [0.4, 0.5) is 5.69 Å². The van der Waals surface area contributed by atoms with Gasteiger partial charge < -0.3 is 10.1 Å². The van der Waals surface area contributed by atoms with Gasteiger partial charge >= 0.3 is 0 Å². The minimum atomic E-state index is -0.315. The molecule has 0 saturated heterocycles. The second-order valence-corrected chi connectivity index (χ2v) is 6.05. The van der Waals surface area contributed by atoms with E-state index in [1.54, 1.807) is 31.4 Å². The Bertz CT molecular complexity index is 727. The lowest BCUT2D eigenvalue weighted by Crippen LogP contribution is -2.35. The highest BCUT2D eigenvalue weighted by Gasteiger charge is 2.13. The summed E-state index contributed by atoms with van der Waals surface area (Å²) in [4.78, 5) is 16.4. The highest BCUT2D eigenvalue weighted by atomic mass is 32.1. The molecule has 0 aromatic carbocycles. The average Bonchev–Trinajstić information content (AvgIpc) is 2.91. The number of anilines is 1. The number of rotatable bonds is 7. The van der Waals surface area contributed by atoms with Crippen LogP contribution in [-0.2, 0) is 7.05 Å². The topological polar surface area (TPSA) is 81.1 Å². The first-order valence-electron chi connectivity index (χ1n) is 8.21. The van der Waals surface area contributed by atoms with Crippen molar-refractivity contribution in [2.24, 2.45) is 7.05 Å². The first kappa shape index (κ1) is 18.9. The molecule has 0 unspecified atom stereocenters. The van der Waals surface area contributed by atoms with E-state index < -0.39 is 0 Å². The van der Waals surface area contributed by atoms with Crippen LogP contribution in [0.2, 0.25) is 0 Å². The van der Waals surface area contributed by atoms with E-state index in [9.17, 15) is 4.79 Å². The lowest BCUT2D eigenvalue weighted by molar-refractivity contribution is 0.0968. The number of hydrogen-bond donors (Lipinski definition) is 2. The van der Waals surface area contributed by atoms with Gasteiger partial charge in [-0.15, -0.1) is 0 Å². The number of pyridine rings is 1. The normalized spacial score (nSPS) is 10.4. The summed E-state index contributed by atoms with van der Waals surface area (Å²) in [7, 11) is 1.71. The van der Waals surface area contributed by atoms with E-state index in [0.29, 0.717) is 23.9 Å². The van der Waals surface area contributed by atoms with Gasteiger partial charge in [0.2, 0.25) is 5.88 Å². The third kappa shape index (κ3) is 5.82. The van der Waals surface area contributed by atoms with Crippen LogP contribution < -0.4 is 15.4 Å². The van der Waals surface area contributed by atoms with Gasteiger partial charge in [-0.25, -0.2) is 4.98 Å². The summed E-state index contributed by atoms with van der Waals surface area (Å²) < 4.78 is 7.07. The van der Waals surface area contributed by atoms with Gasteiger partial charge in [0.15, 0.2) is 5.11 Å². The molecule has 2 rings (SSSR count). The van der Waals surface area contributed by atoms with Gasteiger partial charge in [-0.3, -0.25) is 14.8 Å². The van der Waals surface area contributed by atoms with Gasteiger partial charge in [0.1, 0.15) is 5.69 Å². The number of thiocarbonyl (C=S) groups is 1. The van der Waals surface area contributed by atoms with Crippen LogP contribution in [0.25, 0.3) is 0 Å². The molecular weight excluding hydrogens is 338 g/mol. The Kier molecular flexibility index (Phi) is 6.88. The third-order valence-corrected chi connectivity index (χ3v) is 3.66. The van der Waals surface area contributed by atoms with Gasteiger partial charge in [0, 0.05) is 13.1 Å². The first-order valence-corrected chi connectivity index (χ1v) is 8.62. The van der Waals surface area contributed by atoms with Crippen LogP contribution in [0.1, 0.15) is 42.4 Å². The molecule has 0 fully saturated rings. The Morgan fingerprint density at radius 2 is 2.16 bits per heavy atom. The molecule has 0 spiro atoms. The number of aryl methyl sites for hydroxylation is 2. The second kappa shape index (κ2) is 9.12. The lowest BCUT2D eigenvalue weighted by atomic mass is 10.3. The lowest BCUT2D eigenvalue weighted by Gasteiger charge is -2.10. The zero-order chi connectivity index (χ0) is 18.2. The molecule has 2 aromatic heterocycles. The summed E-state index contributed by atoms with van der Waals surface area (Å²) in [6.07, 6.45) is 4.93. The fraction of sp³-hybridized carbons (Fsp3) is 0.412. The second-order valence-electron chi connectivity index (χ2n) is 5.64. The molecule has 0 atom stereocenters. The number of amides is 1. The Balaban J connectivity index is 1.84. The van der Waals surface area contributed by atoms with Gasteiger partial charge in [0.05, 0.1) is 24.2 Å². The fourth-order valence-corrected chi connectivity index (χ4v) is 2.43. The molecule has 2 aromatic rings. The molecule has 1 amide bonds. The molecule has 2 heterocycles. The highest BCUT2D eigenvalue weighted by molar-refractivity contribution is 7.80. The van der Waals surface area contributed by atoms with Crippen LogP contribution in [0.3, 0.4) is 0 Å². The zero-order valence-electron chi connectivity index (χ0n) is 14.7. The van der Waals surface area contributed by atoms with Gasteiger partial charge in [-0.05, 0) is 37.7 Å². The largest absolute Gasteiger partial charge is 0.478 e. The van der Waals surface area contributed by atoms with Crippen molar-refractivity contribution >= 4 is 28.9 Å². The molecule has 0 aliphatic carbocycles. The summed E-state index contributed by atoms with van der Waals surface area (Å²) in [5, 5.41) is 9.88. The van der Waals surface area contributed by atoms with Crippen molar-refractivity contribution in [2.75, 3.05) is 11.9 Å². The molecule has 2 N–H and O–H groups in total. The minimum Gasteiger partial charge on any atom is -0.478 e. The standard InChI is InChI=1S/C17H23N5O2S/c1-4-5-6-9-24-15-8-7-13(11-18-15)19-17(25)20-16(23)14-10-12(2)21-22(14)3/h7-8,10-11H,4-6,9H2,1-3H3,(H2,19,20,23,25). The Labute approximate surface area is 152 Å². The van der Waals surface area contributed by atoms with Crippen molar-refractivity contribution in [3.8, 4) is 5.88 Å². The number of carbonyl (C=O) groups excluding carboxylic acids is 1. The number of carbonyl (C=O) groups is 1. The SMILES string of the molecule is CCCCCOc1ccc(NC(=S)NC(=O)c2cc(C)nn2C)cn1. The predicted molar refractivity (Wildman–Crippen MR) is 101 cm³/mol. The summed E-state index contributed by atoms with van der Waals surface area (Å²) in [5.41, 5.74) is 1.88. The van der Waals surface area contributed by atoms with Crippen molar-refractivity contribution < 1.29 is 9.53 Å². The smallest absolute Gasteiger partial charge is 0.275 e. The Hall–Kier alpha value is -2.48. The summed E-state index contributed by atoms with van der Waals surface area (Å²) >= 11 is 5.16. The van der Waals surface area contributed by atoms with Crippen LogP contribution >= 0.6 is 12.2 Å². The monoisotopic (exact) mass is 361 g/mol. The maximum Gasteiger partial charge on any atom is 0.275 e. The van der Waals surface area contributed by atoms with Gasteiger partial charge in [-0.1, -0.05) is 19.8 Å². The maximum atomic E-state index is 12.2. The number of hydrogen-bond acceptors (Lipinski definition) is 5. The molecule has 0 aliphatic heterocycles. The molecule has 0 bridgehead atoms. The molecule has 134 valence electrons. The van der Waals surface area contributed by atoms with Gasteiger partial charge in [-0.2, -0.15) is 5.10 Å². The number of nitrogens with one attached hydrogen (secondary N) is 2. The van der Waals surface area contributed by atoms with E-state index >= 15 is 0 Å². The molecular formula is C17H23N5O2S. The third-order valence-electron chi connectivity index (χ3n) is 3.45. The molecule has 0 radical (unpaired) electrons. The number of ether oxygens (including phenoxy) is 1. The van der Waals surface area contributed by atoms with E-state index in [0.717, 1.165) is 25.0 Å². The first-order chi connectivity index (χ1) is 12.0. The quantitative estimate of drug-likeness (QED) is 0.583. The van der Waals surface area contributed by atoms with Crippen molar-refractivity contribution in [2.45, 2.75) is 33.1 Å². The maximum absolute atomic E-state index is 12.2.